The molecule has 1 fully saturated rings. The van der Waals surface area contributed by atoms with Crippen LogP contribution in [0.4, 0.5) is 4.39 Å². The van der Waals surface area contributed by atoms with Gasteiger partial charge in [-0.1, -0.05) is 13.3 Å². The average molecular weight is 181 g/mol. The molecule has 70 valence electrons. The summed E-state index contributed by atoms with van der Waals surface area (Å²) in [5.41, 5.74) is -0.191. The molecule has 2 nitrogen and oxygen atoms in total. The van der Waals surface area contributed by atoms with Crippen molar-refractivity contribution >= 4 is 0 Å². The smallest absolute Gasteiger partial charge is 0.141 e. The first-order valence-electron chi connectivity index (χ1n) is 4.50. The minimum Gasteiger partial charge on any atom is -0.385 e. The molecule has 0 amide bonds. The molecule has 0 spiro atoms. The van der Waals surface area contributed by atoms with E-state index in [0.717, 1.165) is 19.0 Å². The van der Waals surface area contributed by atoms with Crippen molar-refractivity contribution < 1.29 is 9.50 Å². The number of hydrogen-bond acceptors (Lipinski definition) is 2. The maximum absolute atomic E-state index is 12.8. The maximum atomic E-state index is 12.8. The summed E-state index contributed by atoms with van der Waals surface area (Å²) < 4.78 is 12.8. The van der Waals surface area contributed by atoms with Crippen LogP contribution in [-0.4, -0.2) is 10.1 Å². The second kappa shape index (κ2) is 2.77. The fourth-order valence-electron chi connectivity index (χ4n) is 1.80. The first-order chi connectivity index (χ1) is 6.16. The first kappa shape index (κ1) is 8.63. The van der Waals surface area contributed by atoms with Gasteiger partial charge in [0.25, 0.3) is 0 Å². The Kier molecular flexibility index (Phi) is 1.84. The topological polar surface area (TPSA) is 33.1 Å². The van der Waals surface area contributed by atoms with Crippen LogP contribution in [0.2, 0.25) is 0 Å². The summed E-state index contributed by atoms with van der Waals surface area (Å²) in [6.07, 6.45) is 4.34. The summed E-state index contributed by atoms with van der Waals surface area (Å²) in [4.78, 5) is 3.72. The van der Waals surface area contributed by atoms with Crippen LogP contribution in [0, 0.1) is 11.7 Å². The van der Waals surface area contributed by atoms with Crippen LogP contribution in [0.25, 0.3) is 0 Å². The third-order valence-electron chi connectivity index (χ3n) is 2.77. The van der Waals surface area contributed by atoms with E-state index in [-0.39, 0.29) is 11.7 Å². The van der Waals surface area contributed by atoms with Gasteiger partial charge in [0, 0.05) is 11.8 Å². The minimum absolute atomic E-state index is 0.274. The number of aliphatic hydroxyl groups is 1. The van der Waals surface area contributed by atoms with Gasteiger partial charge in [0.15, 0.2) is 0 Å². The van der Waals surface area contributed by atoms with Crippen LogP contribution in [0.1, 0.15) is 25.3 Å². The molecular weight excluding hydrogens is 169 g/mol. The summed E-state index contributed by atoms with van der Waals surface area (Å²) in [5.74, 6) is -0.108. The van der Waals surface area contributed by atoms with Crippen molar-refractivity contribution in [2.24, 2.45) is 5.92 Å². The van der Waals surface area contributed by atoms with E-state index in [1.807, 2.05) is 6.92 Å². The summed E-state index contributed by atoms with van der Waals surface area (Å²) >= 11 is 0. The highest BCUT2D eigenvalue weighted by atomic mass is 19.1. The van der Waals surface area contributed by atoms with E-state index in [1.54, 1.807) is 6.20 Å². The Morgan fingerprint density at radius 3 is 3.00 bits per heavy atom. The van der Waals surface area contributed by atoms with Crippen LogP contribution >= 0.6 is 0 Å². The molecule has 0 bridgehead atoms. The summed E-state index contributed by atoms with van der Waals surface area (Å²) in [6.45, 7) is 2.02. The molecule has 1 saturated carbocycles. The van der Waals surface area contributed by atoms with Crippen LogP contribution in [-0.2, 0) is 5.60 Å². The third-order valence-corrected chi connectivity index (χ3v) is 2.77. The molecule has 0 aliphatic heterocycles. The van der Waals surface area contributed by atoms with Crippen molar-refractivity contribution in [1.29, 1.82) is 0 Å². The minimum atomic E-state index is -0.802. The zero-order valence-corrected chi connectivity index (χ0v) is 7.50. The van der Waals surface area contributed by atoms with E-state index >= 15 is 0 Å². The molecule has 2 unspecified atom stereocenters. The first-order valence-corrected chi connectivity index (χ1v) is 4.50. The van der Waals surface area contributed by atoms with Gasteiger partial charge in [-0.15, -0.1) is 0 Å². The van der Waals surface area contributed by atoms with Gasteiger partial charge in [-0.25, -0.2) is 4.39 Å². The van der Waals surface area contributed by atoms with E-state index in [2.05, 4.69) is 4.98 Å². The number of hydrogen-bond donors (Lipinski definition) is 1. The van der Waals surface area contributed by atoms with Crippen molar-refractivity contribution in [3.05, 3.63) is 29.8 Å². The maximum Gasteiger partial charge on any atom is 0.141 e. The Morgan fingerprint density at radius 1 is 1.69 bits per heavy atom. The highest BCUT2D eigenvalue weighted by Gasteiger charge is 2.53. The summed E-state index contributed by atoms with van der Waals surface area (Å²) in [6, 6.07) is 1.36. The number of pyridine rings is 1. The zero-order valence-electron chi connectivity index (χ0n) is 7.50. The predicted molar refractivity (Wildman–Crippen MR) is 46.5 cm³/mol. The monoisotopic (exact) mass is 181 g/mol. The average Bonchev–Trinajstić information content (AvgIpc) is 2.79. The number of aromatic nitrogens is 1. The van der Waals surface area contributed by atoms with Crippen molar-refractivity contribution in [2.45, 2.75) is 25.4 Å². The Balaban J connectivity index is 2.27. The molecule has 1 heterocycles. The highest BCUT2D eigenvalue weighted by molar-refractivity contribution is 5.27. The lowest BCUT2D eigenvalue weighted by Crippen LogP contribution is -2.09. The van der Waals surface area contributed by atoms with Gasteiger partial charge in [0.2, 0.25) is 0 Å². The second-order valence-electron chi connectivity index (χ2n) is 3.63. The van der Waals surface area contributed by atoms with Gasteiger partial charge in [-0.05, 0) is 18.4 Å². The Bertz CT molecular complexity index is 328. The van der Waals surface area contributed by atoms with Gasteiger partial charge in [0.05, 0.1) is 11.8 Å². The molecule has 1 aliphatic rings. The molecule has 0 aromatic carbocycles. The van der Waals surface area contributed by atoms with Crippen molar-refractivity contribution in [3.63, 3.8) is 0 Å². The van der Waals surface area contributed by atoms with Gasteiger partial charge >= 0.3 is 0 Å². The highest BCUT2D eigenvalue weighted by Crippen LogP contribution is 2.53. The molecule has 1 aromatic heterocycles. The predicted octanol–water partition coefficient (Wildman–Crippen LogP) is 1.84. The van der Waals surface area contributed by atoms with Crippen LogP contribution in [0.3, 0.4) is 0 Å². The lowest BCUT2D eigenvalue weighted by molar-refractivity contribution is 0.129. The SMILES string of the molecule is CCC1CC1(O)c1cncc(F)c1. The molecule has 0 saturated heterocycles. The van der Waals surface area contributed by atoms with Crippen LogP contribution in [0.5, 0.6) is 0 Å². The van der Waals surface area contributed by atoms with Crippen LogP contribution in [0.15, 0.2) is 18.5 Å². The summed E-state index contributed by atoms with van der Waals surface area (Å²) in [5, 5.41) is 9.98. The van der Waals surface area contributed by atoms with E-state index in [9.17, 15) is 9.50 Å². The van der Waals surface area contributed by atoms with Crippen molar-refractivity contribution in [2.75, 3.05) is 0 Å². The second-order valence-corrected chi connectivity index (χ2v) is 3.63. The van der Waals surface area contributed by atoms with Gasteiger partial charge in [-0.2, -0.15) is 0 Å². The molecule has 0 radical (unpaired) electrons. The lowest BCUT2D eigenvalue weighted by atomic mass is 10.1. The molecule has 13 heavy (non-hydrogen) atoms. The molecule has 1 aliphatic carbocycles. The largest absolute Gasteiger partial charge is 0.385 e. The number of halogens is 1. The van der Waals surface area contributed by atoms with E-state index in [0.29, 0.717) is 5.56 Å². The Hall–Kier alpha value is -0.960. The van der Waals surface area contributed by atoms with Crippen LogP contribution < -0.4 is 0 Å². The number of rotatable bonds is 2. The molecule has 1 N–H and O–H groups in total. The quantitative estimate of drug-likeness (QED) is 0.755. The van der Waals surface area contributed by atoms with E-state index in [4.69, 9.17) is 0 Å². The van der Waals surface area contributed by atoms with E-state index in [1.165, 1.54) is 6.07 Å². The van der Waals surface area contributed by atoms with Gasteiger partial charge < -0.3 is 5.11 Å². The molecular formula is C10H12FNO. The molecule has 1 aromatic rings. The Labute approximate surface area is 76.4 Å². The molecule has 2 rings (SSSR count). The standard InChI is InChI=1S/C10H12FNO/c1-2-7-4-10(7,13)8-3-9(11)6-12-5-8/h3,5-7,13H,2,4H2,1H3. The zero-order chi connectivity index (χ0) is 9.47. The molecule has 2 atom stereocenters. The molecule has 3 heteroatoms. The Morgan fingerprint density at radius 2 is 2.46 bits per heavy atom. The van der Waals surface area contributed by atoms with Gasteiger partial charge in [0.1, 0.15) is 5.82 Å². The van der Waals surface area contributed by atoms with Crippen molar-refractivity contribution in [3.8, 4) is 0 Å². The van der Waals surface area contributed by atoms with Crippen molar-refractivity contribution in [1.82, 2.24) is 4.98 Å². The third kappa shape index (κ3) is 1.33. The fraction of sp³-hybridized carbons (Fsp3) is 0.500. The number of nitrogens with zero attached hydrogens (tertiary/aromatic N) is 1. The van der Waals surface area contributed by atoms with E-state index < -0.39 is 5.60 Å². The van der Waals surface area contributed by atoms with Gasteiger partial charge in [-0.3, -0.25) is 4.98 Å². The lowest BCUT2D eigenvalue weighted by Gasteiger charge is -2.09. The fourth-order valence-corrected chi connectivity index (χ4v) is 1.80. The summed E-state index contributed by atoms with van der Waals surface area (Å²) in [7, 11) is 0. The normalized spacial score (nSPS) is 31.8.